The van der Waals surface area contributed by atoms with Crippen LogP contribution in [0.4, 0.5) is 0 Å². The number of nitrogens with two attached hydrogens (primary N) is 1. The smallest absolute Gasteiger partial charge is 0.243 e. The zero-order chi connectivity index (χ0) is 9.68. The molecule has 1 atom stereocenters. The second-order valence-corrected chi connectivity index (χ2v) is 3.73. The number of hydrogen-bond acceptors (Lipinski definition) is 2. The Bertz CT molecular complexity index is 211. The third kappa shape index (κ3) is 3.59. The summed E-state index contributed by atoms with van der Waals surface area (Å²) in [5, 5.41) is 2.73. The Morgan fingerprint density at radius 2 is 2.54 bits per heavy atom. The van der Waals surface area contributed by atoms with Crippen LogP contribution in [0.25, 0.3) is 0 Å². The first-order valence-electron chi connectivity index (χ1n) is 4.89. The fourth-order valence-corrected chi connectivity index (χ4v) is 1.65. The molecule has 1 aliphatic rings. The van der Waals surface area contributed by atoms with Crippen LogP contribution >= 0.6 is 0 Å². The Morgan fingerprint density at radius 3 is 3.08 bits per heavy atom. The Labute approximate surface area is 79.4 Å². The van der Waals surface area contributed by atoms with Crippen LogP contribution in [-0.2, 0) is 4.79 Å². The van der Waals surface area contributed by atoms with E-state index >= 15 is 0 Å². The maximum absolute atomic E-state index is 11.2. The Morgan fingerprint density at radius 1 is 1.77 bits per heavy atom. The highest BCUT2D eigenvalue weighted by Crippen LogP contribution is 2.29. The van der Waals surface area contributed by atoms with E-state index in [0.29, 0.717) is 13.1 Å². The van der Waals surface area contributed by atoms with Gasteiger partial charge in [0.15, 0.2) is 0 Å². The summed E-state index contributed by atoms with van der Waals surface area (Å²) in [4.78, 5) is 11.2. The van der Waals surface area contributed by atoms with Gasteiger partial charge in [-0.1, -0.05) is 12.5 Å². The van der Waals surface area contributed by atoms with E-state index < -0.39 is 0 Å². The minimum atomic E-state index is 0.00884. The highest BCUT2D eigenvalue weighted by Gasteiger charge is 2.15. The number of rotatable bonds is 3. The first kappa shape index (κ1) is 10.3. The third-order valence-corrected chi connectivity index (χ3v) is 2.35. The predicted octanol–water partition coefficient (Wildman–Crippen LogP) is 0.808. The molecule has 0 bridgehead atoms. The molecule has 1 unspecified atom stereocenters. The molecule has 1 rings (SSSR count). The lowest BCUT2D eigenvalue weighted by Crippen LogP contribution is -2.27. The van der Waals surface area contributed by atoms with Gasteiger partial charge in [-0.25, -0.2) is 0 Å². The monoisotopic (exact) mass is 182 g/mol. The van der Waals surface area contributed by atoms with Crippen molar-refractivity contribution in [1.29, 1.82) is 0 Å². The van der Waals surface area contributed by atoms with E-state index in [9.17, 15) is 4.79 Å². The van der Waals surface area contributed by atoms with Crippen molar-refractivity contribution >= 4 is 5.91 Å². The zero-order valence-electron chi connectivity index (χ0n) is 8.18. The number of hydrogen-bond donors (Lipinski definition) is 2. The molecule has 3 N–H and O–H groups in total. The van der Waals surface area contributed by atoms with E-state index in [1.165, 1.54) is 12.0 Å². The van der Waals surface area contributed by atoms with Crippen LogP contribution in [0.3, 0.4) is 0 Å². The molecule has 0 aromatic rings. The quantitative estimate of drug-likeness (QED) is 0.634. The molecule has 1 saturated carbocycles. The summed E-state index contributed by atoms with van der Waals surface area (Å²) < 4.78 is 0. The van der Waals surface area contributed by atoms with Crippen LogP contribution in [0.15, 0.2) is 11.6 Å². The van der Waals surface area contributed by atoms with Gasteiger partial charge < -0.3 is 11.1 Å². The van der Waals surface area contributed by atoms with Crippen LogP contribution in [0, 0.1) is 5.92 Å². The van der Waals surface area contributed by atoms with E-state index in [0.717, 1.165) is 18.8 Å². The van der Waals surface area contributed by atoms with Crippen LogP contribution < -0.4 is 11.1 Å². The lowest BCUT2D eigenvalue weighted by Gasteiger charge is -2.00. The summed E-state index contributed by atoms with van der Waals surface area (Å²) in [6.07, 6.45) is 5.11. The van der Waals surface area contributed by atoms with Crippen molar-refractivity contribution < 1.29 is 4.79 Å². The first-order valence-corrected chi connectivity index (χ1v) is 4.89. The average molecular weight is 182 g/mol. The third-order valence-electron chi connectivity index (χ3n) is 2.35. The van der Waals surface area contributed by atoms with Crippen molar-refractivity contribution in [3.05, 3.63) is 11.6 Å². The van der Waals surface area contributed by atoms with Crippen molar-refractivity contribution in [3.63, 3.8) is 0 Å². The largest absolute Gasteiger partial charge is 0.351 e. The summed E-state index contributed by atoms with van der Waals surface area (Å²) in [6.45, 7) is 3.29. The fourth-order valence-electron chi connectivity index (χ4n) is 1.65. The van der Waals surface area contributed by atoms with Crippen molar-refractivity contribution in [1.82, 2.24) is 5.32 Å². The summed E-state index contributed by atoms with van der Waals surface area (Å²) in [6, 6.07) is 0. The lowest BCUT2D eigenvalue weighted by atomic mass is 10.1. The standard InChI is InChI=1S/C10H18N2O/c1-8-2-3-9(6-8)7-10(13)12-5-4-11/h7-8H,2-6,11H2,1H3,(H,12,13)/b9-7-. The highest BCUT2D eigenvalue weighted by atomic mass is 16.1. The normalized spacial score (nSPS) is 25.1. The molecule has 0 aromatic heterocycles. The highest BCUT2D eigenvalue weighted by molar-refractivity contribution is 5.88. The molecule has 0 saturated heterocycles. The first-order chi connectivity index (χ1) is 6.22. The summed E-state index contributed by atoms with van der Waals surface area (Å²) in [7, 11) is 0. The van der Waals surface area contributed by atoms with Gasteiger partial charge in [0.25, 0.3) is 0 Å². The molecule has 74 valence electrons. The molecule has 3 nitrogen and oxygen atoms in total. The van der Waals surface area contributed by atoms with Crippen molar-refractivity contribution in [2.45, 2.75) is 26.2 Å². The second kappa shape index (κ2) is 5.02. The molecule has 3 heteroatoms. The number of amides is 1. The number of carbonyl (C=O) groups is 1. The fraction of sp³-hybridized carbons (Fsp3) is 0.700. The topological polar surface area (TPSA) is 55.1 Å². The number of carbonyl (C=O) groups excluding carboxylic acids is 1. The van der Waals surface area contributed by atoms with E-state index in [1.54, 1.807) is 6.08 Å². The molecule has 0 heterocycles. The molecule has 0 aromatic carbocycles. The van der Waals surface area contributed by atoms with Crippen LogP contribution in [0.5, 0.6) is 0 Å². The van der Waals surface area contributed by atoms with Gasteiger partial charge in [-0.2, -0.15) is 0 Å². The summed E-state index contributed by atoms with van der Waals surface area (Å²) in [5.74, 6) is 0.753. The van der Waals surface area contributed by atoms with Gasteiger partial charge in [0.05, 0.1) is 0 Å². The van der Waals surface area contributed by atoms with E-state index in [-0.39, 0.29) is 5.91 Å². The predicted molar refractivity (Wildman–Crippen MR) is 53.2 cm³/mol. The maximum atomic E-state index is 11.2. The molecule has 1 fully saturated rings. The van der Waals surface area contributed by atoms with Gasteiger partial charge in [0.1, 0.15) is 0 Å². The van der Waals surface area contributed by atoms with Gasteiger partial charge in [0.2, 0.25) is 5.91 Å². The van der Waals surface area contributed by atoms with Crippen LogP contribution in [0.2, 0.25) is 0 Å². The zero-order valence-corrected chi connectivity index (χ0v) is 8.18. The second-order valence-electron chi connectivity index (χ2n) is 3.73. The molecule has 13 heavy (non-hydrogen) atoms. The average Bonchev–Trinajstić information content (AvgIpc) is 2.48. The van der Waals surface area contributed by atoms with Crippen LogP contribution in [0.1, 0.15) is 26.2 Å². The van der Waals surface area contributed by atoms with Crippen LogP contribution in [-0.4, -0.2) is 19.0 Å². The minimum Gasteiger partial charge on any atom is -0.351 e. The van der Waals surface area contributed by atoms with Gasteiger partial charge in [-0.05, 0) is 25.2 Å². The van der Waals surface area contributed by atoms with Crippen molar-refractivity contribution in [3.8, 4) is 0 Å². The minimum absolute atomic E-state index is 0.00884. The van der Waals surface area contributed by atoms with Crippen molar-refractivity contribution in [2.75, 3.05) is 13.1 Å². The molecular formula is C10H18N2O. The van der Waals surface area contributed by atoms with E-state index in [2.05, 4.69) is 12.2 Å². The molecule has 0 radical (unpaired) electrons. The lowest BCUT2D eigenvalue weighted by molar-refractivity contribution is -0.116. The van der Waals surface area contributed by atoms with Gasteiger partial charge in [-0.3, -0.25) is 4.79 Å². The van der Waals surface area contributed by atoms with Gasteiger partial charge in [0, 0.05) is 19.2 Å². The Kier molecular flexibility index (Phi) is 3.96. The Hall–Kier alpha value is -0.830. The maximum Gasteiger partial charge on any atom is 0.243 e. The van der Waals surface area contributed by atoms with Crippen molar-refractivity contribution in [2.24, 2.45) is 11.7 Å². The Balaban J connectivity index is 2.33. The summed E-state index contributed by atoms with van der Waals surface area (Å²) in [5.41, 5.74) is 6.55. The molecular weight excluding hydrogens is 164 g/mol. The summed E-state index contributed by atoms with van der Waals surface area (Å²) >= 11 is 0. The number of allylic oxidation sites excluding steroid dienone is 1. The molecule has 0 aliphatic heterocycles. The SMILES string of the molecule is CC1CC/C(=C/C(=O)NCCN)C1. The van der Waals surface area contributed by atoms with E-state index in [1.807, 2.05) is 0 Å². The van der Waals surface area contributed by atoms with E-state index in [4.69, 9.17) is 5.73 Å². The molecule has 0 spiro atoms. The number of nitrogens with one attached hydrogen (secondary N) is 1. The molecule has 1 amide bonds. The molecule has 1 aliphatic carbocycles. The van der Waals surface area contributed by atoms with Gasteiger partial charge in [-0.15, -0.1) is 0 Å². The van der Waals surface area contributed by atoms with Gasteiger partial charge >= 0.3 is 0 Å².